The molecule has 17 heavy (non-hydrogen) atoms. The van der Waals surface area contributed by atoms with E-state index < -0.39 is 0 Å². The molecule has 4 heteroatoms. The van der Waals surface area contributed by atoms with Gasteiger partial charge in [0, 0.05) is 18.5 Å². The average molecular weight is 241 g/mol. The van der Waals surface area contributed by atoms with Crippen molar-refractivity contribution in [2.24, 2.45) is 17.6 Å². The molecule has 0 spiro atoms. The highest BCUT2D eigenvalue weighted by Crippen LogP contribution is 2.22. The van der Waals surface area contributed by atoms with Crippen LogP contribution in [-0.2, 0) is 4.79 Å². The summed E-state index contributed by atoms with van der Waals surface area (Å²) in [5.74, 6) is 1.21. The fourth-order valence-electron chi connectivity index (χ4n) is 2.22. The number of piperidine rings is 1. The molecule has 1 saturated heterocycles. The number of carbonyl (C=O) groups excluding carboxylic acids is 1. The Morgan fingerprint density at radius 1 is 1.59 bits per heavy atom. The van der Waals surface area contributed by atoms with E-state index in [0.29, 0.717) is 24.8 Å². The zero-order valence-electron chi connectivity index (χ0n) is 11.4. The molecule has 1 fully saturated rings. The van der Waals surface area contributed by atoms with E-state index in [9.17, 15) is 4.79 Å². The number of nitrogens with two attached hydrogens (primary N) is 1. The van der Waals surface area contributed by atoms with Crippen LogP contribution in [0.25, 0.3) is 0 Å². The molecular formula is C13H27N3O. The first-order valence-corrected chi connectivity index (χ1v) is 6.65. The Balaban J connectivity index is 2.25. The van der Waals surface area contributed by atoms with Gasteiger partial charge in [-0.1, -0.05) is 6.92 Å². The molecule has 2 atom stereocenters. The number of carbonyl (C=O) groups is 1. The molecule has 0 aromatic rings. The SMILES string of the molecule is CC(CC(=O)NCC(C)(C)N)C1CCCNC1. The lowest BCUT2D eigenvalue weighted by Gasteiger charge is -2.28. The van der Waals surface area contributed by atoms with E-state index in [1.807, 2.05) is 13.8 Å². The maximum absolute atomic E-state index is 11.8. The third kappa shape index (κ3) is 6.03. The van der Waals surface area contributed by atoms with Gasteiger partial charge in [-0.15, -0.1) is 0 Å². The first-order valence-electron chi connectivity index (χ1n) is 6.65. The highest BCUT2D eigenvalue weighted by molar-refractivity contribution is 5.76. The van der Waals surface area contributed by atoms with Crippen molar-refractivity contribution in [2.45, 2.75) is 45.6 Å². The van der Waals surface area contributed by atoms with Crippen LogP contribution in [0, 0.1) is 11.8 Å². The maximum atomic E-state index is 11.8. The van der Waals surface area contributed by atoms with Gasteiger partial charge in [-0.2, -0.15) is 0 Å². The van der Waals surface area contributed by atoms with Crippen LogP contribution in [0.15, 0.2) is 0 Å². The second-order valence-electron chi connectivity index (χ2n) is 6.05. The summed E-state index contributed by atoms with van der Waals surface area (Å²) in [5, 5.41) is 6.30. The Labute approximate surface area is 105 Å². The minimum absolute atomic E-state index is 0.126. The largest absolute Gasteiger partial charge is 0.354 e. The normalized spacial score (nSPS) is 23.2. The van der Waals surface area contributed by atoms with Crippen molar-refractivity contribution in [1.82, 2.24) is 10.6 Å². The lowest BCUT2D eigenvalue weighted by molar-refractivity contribution is -0.122. The Bertz CT molecular complexity index is 242. The number of amides is 1. The van der Waals surface area contributed by atoms with Crippen molar-refractivity contribution >= 4 is 5.91 Å². The fraction of sp³-hybridized carbons (Fsp3) is 0.923. The molecule has 0 saturated carbocycles. The molecule has 4 N–H and O–H groups in total. The molecule has 0 aromatic carbocycles. The van der Waals surface area contributed by atoms with Gasteiger partial charge in [-0.05, 0) is 51.6 Å². The van der Waals surface area contributed by atoms with Crippen LogP contribution in [0.4, 0.5) is 0 Å². The van der Waals surface area contributed by atoms with Crippen LogP contribution >= 0.6 is 0 Å². The lowest BCUT2D eigenvalue weighted by Crippen LogP contribution is -2.45. The molecule has 1 heterocycles. The molecule has 1 rings (SSSR count). The van der Waals surface area contributed by atoms with E-state index in [1.54, 1.807) is 0 Å². The summed E-state index contributed by atoms with van der Waals surface area (Å²) in [7, 11) is 0. The standard InChI is InChI=1S/C13H27N3O/c1-10(11-5-4-6-15-8-11)7-12(17)16-9-13(2,3)14/h10-11,15H,4-9,14H2,1-3H3,(H,16,17). The molecule has 1 amide bonds. The van der Waals surface area contributed by atoms with Gasteiger partial charge in [0.2, 0.25) is 5.91 Å². The summed E-state index contributed by atoms with van der Waals surface area (Å²) < 4.78 is 0. The molecule has 2 unspecified atom stereocenters. The minimum Gasteiger partial charge on any atom is -0.354 e. The average Bonchev–Trinajstić information content (AvgIpc) is 2.27. The van der Waals surface area contributed by atoms with E-state index in [2.05, 4.69) is 17.6 Å². The predicted molar refractivity (Wildman–Crippen MR) is 70.7 cm³/mol. The molecule has 100 valence electrons. The van der Waals surface area contributed by atoms with Crippen LogP contribution in [0.1, 0.15) is 40.0 Å². The smallest absolute Gasteiger partial charge is 0.220 e. The van der Waals surface area contributed by atoms with Gasteiger partial charge in [0.1, 0.15) is 0 Å². The van der Waals surface area contributed by atoms with E-state index in [-0.39, 0.29) is 11.4 Å². The van der Waals surface area contributed by atoms with Gasteiger partial charge < -0.3 is 16.4 Å². The van der Waals surface area contributed by atoms with Crippen molar-refractivity contribution in [3.63, 3.8) is 0 Å². The Morgan fingerprint density at radius 3 is 2.82 bits per heavy atom. The molecule has 0 radical (unpaired) electrons. The highest BCUT2D eigenvalue weighted by atomic mass is 16.1. The monoisotopic (exact) mass is 241 g/mol. The van der Waals surface area contributed by atoms with E-state index >= 15 is 0 Å². The van der Waals surface area contributed by atoms with Gasteiger partial charge in [0.05, 0.1) is 0 Å². The van der Waals surface area contributed by atoms with Gasteiger partial charge in [0.25, 0.3) is 0 Å². The molecule has 0 aromatic heterocycles. The second-order valence-corrected chi connectivity index (χ2v) is 6.05. The Morgan fingerprint density at radius 2 is 2.29 bits per heavy atom. The number of hydrogen-bond donors (Lipinski definition) is 3. The fourth-order valence-corrected chi connectivity index (χ4v) is 2.22. The number of rotatable bonds is 5. The van der Waals surface area contributed by atoms with Crippen molar-refractivity contribution in [3.8, 4) is 0 Å². The van der Waals surface area contributed by atoms with Crippen LogP contribution in [0.3, 0.4) is 0 Å². The zero-order valence-corrected chi connectivity index (χ0v) is 11.4. The first-order chi connectivity index (χ1) is 7.88. The van der Waals surface area contributed by atoms with Crippen LogP contribution in [-0.4, -0.2) is 31.1 Å². The first kappa shape index (κ1) is 14.5. The van der Waals surface area contributed by atoms with Crippen molar-refractivity contribution < 1.29 is 4.79 Å². The third-order valence-corrected chi connectivity index (χ3v) is 3.39. The van der Waals surface area contributed by atoms with Crippen LogP contribution in [0.2, 0.25) is 0 Å². The summed E-state index contributed by atoms with van der Waals surface area (Å²) in [6, 6.07) is 0. The van der Waals surface area contributed by atoms with Crippen molar-refractivity contribution in [1.29, 1.82) is 0 Å². The Kier molecular flexibility index (Phi) is 5.40. The summed E-state index contributed by atoms with van der Waals surface area (Å²) >= 11 is 0. The lowest BCUT2D eigenvalue weighted by atomic mass is 9.85. The Hall–Kier alpha value is -0.610. The molecular weight excluding hydrogens is 214 g/mol. The van der Waals surface area contributed by atoms with E-state index in [1.165, 1.54) is 12.8 Å². The summed E-state index contributed by atoms with van der Waals surface area (Å²) in [5.41, 5.74) is 5.50. The predicted octanol–water partition coefficient (Wildman–Crippen LogP) is 0.866. The molecule has 1 aliphatic heterocycles. The molecule has 0 bridgehead atoms. The van der Waals surface area contributed by atoms with Gasteiger partial charge in [0.15, 0.2) is 0 Å². The van der Waals surface area contributed by atoms with Crippen LogP contribution in [0.5, 0.6) is 0 Å². The third-order valence-electron chi connectivity index (χ3n) is 3.39. The molecule has 1 aliphatic rings. The van der Waals surface area contributed by atoms with Gasteiger partial charge in [-0.25, -0.2) is 0 Å². The minimum atomic E-state index is -0.328. The molecule has 0 aliphatic carbocycles. The topological polar surface area (TPSA) is 67.2 Å². The van der Waals surface area contributed by atoms with E-state index in [0.717, 1.165) is 13.1 Å². The highest BCUT2D eigenvalue weighted by Gasteiger charge is 2.22. The number of nitrogens with one attached hydrogen (secondary N) is 2. The second kappa shape index (κ2) is 6.36. The van der Waals surface area contributed by atoms with E-state index in [4.69, 9.17) is 5.73 Å². The van der Waals surface area contributed by atoms with Crippen LogP contribution < -0.4 is 16.4 Å². The summed E-state index contributed by atoms with van der Waals surface area (Å²) in [6.45, 7) is 8.73. The summed E-state index contributed by atoms with van der Waals surface area (Å²) in [4.78, 5) is 11.8. The van der Waals surface area contributed by atoms with Gasteiger partial charge >= 0.3 is 0 Å². The quantitative estimate of drug-likeness (QED) is 0.669. The number of hydrogen-bond acceptors (Lipinski definition) is 3. The zero-order chi connectivity index (χ0) is 12.9. The summed E-state index contributed by atoms with van der Waals surface area (Å²) in [6.07, 6.45) is 3.08. The van der Waals surface area contributed by atoms with Gasteiger partial charge in [-0.3, -0.25) is 4.79 Å². The molecule has 4 nitrogen and oxygen atoms in total. The maximum Gasteiger partial charge on any atom is 0.220 e. The van der Waals surface area contributed by atoms with Crippen molar-refractivity contribution in [3.05, 3.63) is 0 Å². The van der Waals surface area contributed by atoms with Crippen molar-refractivity contribution in [2.75, 3.05) is 19.6 Å².